The molecule has 0 fully saturated rings. The number of hydrogen-bond donors (Lipinski definition) is 3. The highest BCUT2D eigenvalue weighted by Gasteiger charge is 2.16. The van der Waals surface area contributed by atoms with Gasteiger partial charge < -0.3 is 10.3 Å². The number of fused-ring (bicyclic) bond motifs is 1. The third-order valence-electron chi connectivity index (χ3n) is 3.61. The molecule has 1 aliphatic heterocycles. The van der Waals surface area contributed by atoms with Crippen molar-refractivity contribution in [1.82, 2.24) is 14.7 Å². The maximum Gasteiger partial charge on any atom is 0.257 e. The molecule has 7 heteroatoms. The summed E-state index contributed by atoms with van der Waals surface area (Å²) in [7, 11) is -3.50. The van der Waals surface area contributed by atoms with E-state index in [2.05, 4.69) is 26.1 Å². The van der Waals surface area contributed by atoms with Gasteiger partial charge in [-0.15, -0.1) is 0 Å². The molecule has 0 bridgehead atoms. The van der Waals surface area contributed by atoms with Crippen molar-refractivity contribution in [3.05, 3.63) is 41.9 Å². The number of nitrogens with one attached hydrogen (secondary N) is 3. The standard InChI is InChI=1S/C14H18N4O2S/c19-21(20,13-9-15-10-17-13)18-8-6-12-4-1-3-11-5-2-7-16-14(11)12/h1,3-4,9-10,16,18H,2,5-8H2,(H,15,17). The molecule has 3 rings (SSSR count). The van der Waals surface area contributed by atoms with Gasteiger partial charge in [0.2, 0.25) is 0 Å². The number of benzene rings is 1. The van der Waals surface area contributed by atoms with Crippen LogP contribution in [0.1, 0.15) is 17.5 Å². The molecule has 1 aliphatic rings. The summed E-state index contributed by atoms with van der Waals surface area (Å²) < 4.78 is 26.5. The van der Waals surface area contributed by atoms with E-state index in [9.17, 15) is 8.42 Å². The van der Waals surface area contributed by atoms with Crippen LogP contribution in [-0.2, 0) is 22.9 Å². The van der Waals surface area contributed by atoms with Gasteiger partial charge in [0.1, 0.15) is 0 Å². The van der Waals surface area contributed by atoms with Gasteiger partial charge in [-0.25, -0.2) is 18.1 Å². The fourth-order valence-electron chi connectivity index (χ4n) is 2.58. The van der Waals surface area contributed by atoms with Crippen LogP contribution in [0.2, 0.25) is 0 Å². The molecule has 21 heavy (non-hydrogen) atoms. The minimum absolute atomic E-state index is 0.0933. The van der Waals surface area contributed by atoms with Crippen molar-refractivity contribution in [2.75, 3.05) is 18.4 Å². The maximum atomic E-state index is 12.0. The van der Waals surface area contributed by atoms with E-state index in [4.69, 9.17) is 0 Å². The van der Waals surface area contributed by atoms with Crippen LogP contribution in [0.25, 0.3) is 0 Å². The van der Waals surface area contributed by atoms with E-state index < -0.39 is 10.0 Å². The van der Waals surface area contributed by atoms with Crippen molar-refractivity contribution in [3.8, 4) is 0 Å². The van der Waals surface area contributed by atoms with Crippen molar-refractivity contribution in [3.63, 3.8) is 0 Å². The van der Waals surface area contributed by atoms with E-state index in [1.165, 1.54) is 23.8 Å². The number of para-hydroxylation sites is 1. The molecule has 0 amide bonds. The Hall–Kier alpha value is -1.86. The number of aromatic amines is 1. The van der Waals surface area contributed by atoms with Gasteiger partial charge in [-0.3, -0.25) is 0 Å². The van der Waals surface area contributed by atoms with E-state index in [1.807, 2.05) is 12.1 Å². The topological polar surface area (TPSA) is 86.9 Å². The molecule has 0 saturated heterocycles. The Kier molecular flexibility index (Phi) is 3.94. The first-order chi connectivity index (χ1) is 10.2. The van der Waals surface area contributed by atoms with Crippen LogP contribution < -0.4 is 10.0 Å². The van der Waals surface area contributed by atoms with Gasteiger partial charge in [0.25, 0.3) is 10.0 Å². The van der Waals surface area contributed by atoms with E-state index in [-0.39, 0.29) is 5.03 Å². The second-order valence-electron chi connectivity index (χ2n) is 5.05. The van der Waals surface area contributed by atoms with Crippen LogP contribution in [0.3, 0.4) is 0 Å². The molecule has 1 aromatic heterocycles. The summed E-state index contributed by atoms with van der Waals surface area (Å²) >= 11 is 0. The van der Waals surface area contributed by atoms with Gasteiger partial charge >= 0.3 is 0 Å². The summed E-state index contributed by atoms with van der Waals surface area (Å²) in [6.45, 7) is 1.34. The van der Waals surface area contributed by atoms with Crippen molar-refractivity contribution in [1.29, 1.82) is 0 Å². The van der Waals surface area contributed by atoms with Crippen LogP contribution in [0, 0.1) is 0 Å². The molecular formula is C14H18N4O2S. The van der Waals surface area contributed by atoms with Crippen molar-refractivity contribution in [2.24, 2.45) is 0 Å². The summed E-state index contributed by atoms with van der Waals surface area (Å²) in [4.78, 5) is 6.33. The fraction of sp³-hybridized carbons (Fsp3) is 0.357. The van der Waals surface area contributed by atoms with Crippen molar-refractivity contribution >= 4 is 15.7 Å². The zero-order chi connectivity index (χ0) is 14.7. The highest BCUT2D eigenvalue weighted by Crippen LogP contribution is 2.26. The van der Waals surface area contributed by atoms with E-state index in [1.54, 1.807) is 0 Å². The Morgan fingerprint density at radius 3 is 3.05 bits per heavy atom. The average Bonchev–Trinajstić information content (AvgIpc) is 3.02. The second kappa shape index (κ2) is 5.87. The number of rotatable bonds is 5. The molecule has 0 spiro atoms. The molecular weight excluding hydrogens is 288 g/mol. The van der Waals surface area contributed by atoms with Crippen LogP contribution in [0.4, 0.5) is 5.69 Å². The predicted molar refractivity (Wildman–Crippen MR) is 80.7 cm³/mol. The molecule has 3 N–H and O–H groups in total. The molecule has 112 valence electrons. The Morgan fingerprint density at radius 1 is 1.33 bits per heavy atom. The fourth-order valence-corrected chi connectivity index (χ4v) is 3.51. The summed E-state index contributed by atoms with van der Waals surface area (Å²) in [5.41, 5.74) is 3.64. The highest BCUT2D eigenvalue weighted by molar-refractivity contribution is 7.89. The summed E-state index contributed by atoms with van der Waals surface area (Å²) in [6.07, 6.45) is 5.53. The Morgan fingerprint density at radius 2 is 2.24 bits per heavy atom. The second-order valence-corrected chi connectivity index (χ2v) is 6.78. The molecule has 0 radical (unpaired) electrons. The maximum absolute atomic E-state index is 12.0. The first-order valence-corrected chi connectivity index (χ1v) is 8.48. The SMILES string of the molecule is O=S(=O)(NCCc1cccc2c1NCCC2)c1cnc[nH]1. The number of aromatic nitrogens is 2. The molecule has 2 heterocycles. The number of H-pyrrole nitrogens is 1. The van der Waals surface area contributed by atoms with E-state index >= 15 is 0 Å². The molecule has 1 aromatic carbocycles. The smallest absolute Gasteiger partial charge is 0.257 e. The normalized spacial score (nSPS) is 14.5. The first-order valence-electron chi connectivity index (χ1n) is 6.99. The van der Waals surface area contributed by atoms with Crippen molar-refractivity contribution in [2.45, 2.75) is 24.3 Å². The van der Waals surface area contributed by atoms with Crippen LogP contribution >= 0.6 is 0 Å². The number of hydrogen-bond acceptors (Lipinski definition) is 4. The molecule has 2 aromatic rings. The quantitative estimate of drug-likeness (QED) is 0.777. The lowest BCUT2D eigenvalue weighted by Crippen LogP contribution is -2.26. The van der Waals surface area contributed by atoms with Crippen LogP contribution in [0.5, 0.6) is 0 Å². The number of nitrogens with zero attached hydrogens (tertiary/aromatic N) is 1. The summed E-state index contributed by atoms with van der Waals surface area (Å²) in [5, 5.41) is 3.51. The third-order valence-corrected chi connectivity index (χ3v) is 5.00. The van der Waals surface area contributed by atoms with Crippen molar-refractivity contribution < 1.29 is 8.42 Å². The predicted octanol–water partition coefficient (Wildman–Crippen LogP) is 1.29. The minimum Gasteiger partial charge on any atom is -0.385 e. The minimum atomic E-state index is -3.50. The zero-order valence-electron chi connectivity index (χ0n) is 11.6. The molecule has 0 aliphatic carbocycles. The Bertz CT molecular complexity index is 711. The molecule has 0 unspecified atom stereocenters. The number of sulfonamides is 1. The number of aryl methyl sites for hydroxylation is 1. The van der Waals surface area contributed by atoms with Gasteiger partial charge in [-0.05, 0) is 30.4 Å². The Labute approximate surface area is 124 Å². The lowest BCUT2D eigenvalue weighted by atomic mass is 9.98. The number of imidazole rings is 1. The lowest BCUT2D eigenvalue weighted by Gasteiger charge is -2.21. The molecule has 6 nitrogen and oxygen atoms in total. The summed E-state index contributed by atoms with van der Waals surface area (Å²) in [6, 6.07) is 6.20. The van der Waals surface area contributed by atoms with Gasteiger partial charge in [0.15, 0.2) is 5.03 Å². The van der Waals surface area contributed by atoms with Gasteiger partial charge in [-0.1, -0.05) is 18.2 Å². The number of anilines is 1. The van der Waals surface area contributed by atoms with Gasteiger partial charge in [0.05, 0.1) is 12.5 Å². The summed E-state index contributed by atoms with van der Waals surface area (Å²) in [5.74, 6) is 0. The third kappa shape index (κ3) is 3.08. The lowest BCUT2D eigenvalue weighted by molar-refractivity contribution is 0.578. The first kappa shape index (κ1) is 14.1. The average molecular weight is 306 g/mol. The van der Waals surface area contributed by atoms with Crippen LogP contribution in [0.15, 0.2) is 35.7 Å². The molecule has 0 atom stereocenters. The Balaban J connectivity index is 1.66. The zero-order valence-corrected chi connectivity index (χ0v) is 12.4. The van der Waals surface area contributed by atoms with Crippen LogP contribution in [-0.4, -0.2) is 31.5 Å². The van der Waals surface area contributed by atoms with E-state index in [0.29, 0.717) is 13.0 Å². The van der Waals surface area contributed by atoms with E-state index in [0.717, 1.165) is 24.9 Å². The molecule has 0 saturated carbocycles. The largest absolute Gasteiger partial charge is 0.385 e. The highest BCUT2D eigenvalue weighted by atomic mass is 32.2. The van der Waals surface area contributed by atoms with Gasteiger partial charge in [-0.2, -0.15) is 0 Å². The van der Waals surface area contributed by atoms with Gasteiger partial charge in [0, 0.05) is 18.8 Å². The monoisotopic (exact) mass is 306 g/mol.